The van der Waals surface area contributed by atoms with Gasteiger partial charge in [-0.2, -0.15) is 0 Å². The quantitative estimate of drug-likeness (QED) is 0.547. The number of aliphatic carboxylic acids is 1. The molecule has 0 saturated carbocycles. The second-order valence-electron chi connectivity index (χ2n) is 2.25. The van der Waals surface area contributed by atoms with E-state index in [9.17, 15) is 4.79 Å². The third kappa shape index (κ3) is 3.15. The van der Waals surface area contributed by atoms with E-state index in [0.717, 1.165) is 6.08 Å². The van der Waals surface area contributed by atoms with Gasteiger partial charge in [-0.25, -0.2) is 4.79 Å². The first-order valence-corrected chi connectivity index (χ1v) is 3.37. The van der Waals surface area contributed by atoms with E-state index in [0.29, 0.717) is 32.0 Å². The van der Waals surface area contributed by atoms with Crippen LogP contribution < -0.4 is 0 Å². The standard InChI is InChI=1S/C7H10O4/c8-7(9)3-6-4-10-1-2-11-5-6/h3H,1-2,4-5H2,(H,8,9). The van der Waals surface area contributed by atoms with Crippen molar-refractivity contribution in [2.75, 3.05) is 26.4 Å². The van der Waals surface area contributed by atoms with E-state index in [1.54, 1.807) is 0 Å². The van der Waals surface area contributed by atoms with E-state index in [1.165, 1.54) is 0 Å². The number of ether oxygens (including phenoxy) is 2. The zero-order chi connectivity index (χ0) is 8.10. The van der Waals surface area contributed by atoms with E-state index < -0.39 is 5.97 Å². The highest BCUT2D eigenvalue weighted by molar-refractivity contribution is 5.80. The lowest BCUT2D eigenvalue weighted by atomic mass is 10.3. The third-order valence-corrected chi connectivity index (χ3v) is 1.27. The molecule has 11 heavy (non-hydrogen) atoms. The van der Waals surface area contributed by atoms with Gasteiger partial charge in [0.05, 0.1) is 26.4 Å². The molecular weight excluding hydrogens is 148 g/mol. The Morgan fingerprint density at radius 2 is 1.91 bits per heavy atom. The normalized spacial score (nSPS) is 19.1. The van der Waals surface area contributed by atoms with Gasteiger partial charge < -0.3 is 14.6 Å². The molecule has 4 nitrogen and oxygen atoms in total. The molecule has 0 aromatic heterocycles. The van der Waals surface area contributed by atoms with Gasteiger partial charge in [-0.15, -0.1) is 0 Å². The largest absolute Gasteiger partial charge is 0.478 e. The summed E-state index contributed by atoms with van der Waals surface area (Å²) in [6.45, 7) is 1.81. The first kappa shape index (κ1) is 8.23. The predicted molar refractivity (Wildman–Crippen MR) is 37.4 cm³/mol. The van der Waals surface area contributed by atoms with Crippen LogP contribution in [0.25, 0.3) is 0 Å². The lowest BCUT2D eigenvalue weighted by Gasteiger charge is -1.98. The predicted octanol–water partition coefficient (Wildman–Crippen LogP) is 0.0442. The van der Waals surface area contributed by atoms with Gasteiger partial charge in [0.2, 0.25) is 0 Å². The minimum Gasteiger partial charge on any atom is -0.478 e. The Kier molecular flexibility index (Phi) is 3.07. The molecule has 1 aliphatic heterocycles. The van der Waals surface area contributed by atoms with Crippen molar-refractivity contribution in [3.63, 3.8) is 0 Å². The summed E-state index contributed by atoms with van der Waals surface area (Å²) in [5.74, 6) is -0.950. The summed E-state index contributed by atoms with van der Waals surface area (Å²) in [6, 6.07) is 0. The molecule has 1 N–H and O–H groups in total. The van der Waals surface area contributed by atoms with Crippen LogP contribution in [0, 0.1) is 0 Å². The Bertz CT molecular complexity index is 163. The minimum atomic E-state index is -0.950. The zero-order valence-electron chi connectivity index (χ0n) is 6.08. The lowest BCUT2D eigenvalue weighted by molar-refractivity contribution is -0.131. The maximum atomic E-state index is 10.2. The SMILES string of the molecule is O=C(O)C=C1COCCOC1. The van der Waals surface area contributed by atoms with Gasteiger partial charge in [0.15, 0.2) is 0 Å². The summed E-state index contributed by atoms with van der Waals surface area (Å²) in [6.07, 6.45) is 1.13. The van der Waals surface area contributed by atoms with Gasteiger partial charge in [-0.1, -0.05) is 0 Å². The van der Waals surface area contributed by atoms with Gasteiger partial charge in [0.25, 0.3) is 0 Å². The van der Waals surface area contributed by atoms with Crippen LogP contribution in [0.4, 0.5) is 0 Å². The second kappa shape index (κ2) is 4.10. The van der Waals surface area contributed by atoms with Crippen molar-refractivity contribution in [1.82, 2.24) is 0 Å². The Hall–Kier alpha value is -0.870. The molecule has 1 saturated heterocycles. The molecule has 0 aromatic carbocycles. The average Bonchev–Trinajstić information content (AvgIpc) is 2.14. The molecule has 0 aromatic rings. The van der Waals surface area contributed by atoms with Gasteiger partial charge >= 0.3 is 5.97 Å². The highest BCUT2D eigenvalue weighted by atomic mass is 16.5. The van der Waals surface area contributed by atoms with Crippen LogP contribution in [0.2, 0.25) is 0 Å². The van der Waals surface area contributed by atoms with E-state index >= 15 is 0 Å². The number of carboxylic acids is 1. The monoisotopic (exact) mass is 158 g/mol. The molecule has 0 radical (unpaired) electrons. The highest BCUT2D eigenvalue weighted by Gasteiger charge is 2.05. The Morgan fingerprint density at radius 1 is 1.36 bits per heavy atom. The maximum absolute atomic E-state index is 10.2. The van der Waals surface area contributed by atoms with Crippen LogP contribution in [-0.2, 0) is 14.3 Å². The third-order valence-electron chi connectivity index (χ3n) is 1.27. The van der Waals surface area contributed by atoms with Gasteiger partial charge in [0.1, 0.15) is 0 Å². The molecule has 1 rings (SSSR count). The number of rotatable bonds is 1. The first-order chi connectivity index (χ1) is 5.29. The van der Waals surface area contributed by atoms with Crippen molar-refractivity contribution >= 4 is 5.97 Å². The molecule has 0 bridgehead atoms. The zero-order valence-corrected chi connectivity index (χ0v) is 6.08. The molecule has 1 heterocycles. The summed E-state index contributed by atoms with van der Waals surface area (Å²) in [4.78, 5) is 10.2. The minimum absolute atomic E-state index is 0.367. The van der Waals surface area contributed by atoms with E-state index in [-0.39, 0.29) is 0 Å². The van der Waals surface area contributed by atoms with Crippen LogP contribution in [-0.4, -0.2) is 37.5 Å². The van der Waals surface area contributed by atoms with Crippen molar-refractivity contribution in [3.8, 4) is 0 Å². The number of carbonyl (C=O) groups is 1. The summed E-state index contributed by atoms with van der Waals surface area (Å²) in [7, 11) is 0. The fourth-order valence-electron chi connectivity index (χ4n) is 0.824. The second-order valence-corrected chi connectivity index (χ2v) is 2.25. The van der Waals surface area contributed by atoms with E-state index in [1.807, 2.05) is 0 Å². The lowest BCUT2D eigenvalue weighted by Crippen LogP contribution is -2.01. The van der Waals surface area contributed by atoms with Crippen LogP contribution in [0.15, 0.2) is 11.6 Å². The Labute approximate surface area is 64.4 Å². The Morgan fingerprint density at radius 3 is 2.36 bits per heavy atom. The van der Waals surface area contributed by atoms with Crippen molar-refractivity contribution in [2.45, 2.75) is 0 Å². The summed E-state index contributed by atoms with van der Waals surface area (Å²) in [5.41, 5.74) is 0.676. The summed E-state index contributed by atoms with van der Waals surface area (Å²) in [5, 5.41) is 8.37. The van der Waals surface area contributed by atoms with Gasteiger partial charge in [-0.3, -0.25) is 0 Å². The van der Waals surface area contributed by atoms with Crippen molar-refractivity contribution in [2.24, 2.45) is 0 Å². The summed E-state index contributed by atoms with van der Waals surface area (Å²) < 4.78 is 10.1. The van der Waals surface area contributed by atoms with Gasteiger partial charge in [0, 0.05) is 6.08 Å². The molecule has 0 aliphatic carbocycles. The Balaban J connectivity index is 2.48. The number of hydrogen-bond donors (Lipinski definition) is 1. The molecule has 1 aliphatic rings. The fraction of sp³-hybridized carbons (Fsp3) is 0.571. The molecule has 0 unspecified atom stereocenters. The number of hydrogen-bond acceptors (Lipinski definition) is 3. The number of carboxylic acid groups (broad SMARTS) is 1. The maximum Gasteiger partial charge on any atom is 0.328 e. The highest BCUT2D eigenvalue weighted by Crippen LogP contribution is 2.01. The summed E-state index contributed by atoms with van der Waals surface area (Å²) >= 11 is 0. The van der Waals surface area contributed by atoms with Crippen LogP contribution >= 0.6 is 0 Å². The fourth-order valence-corrected chi connectivity index (χ4v) is 0.824. The molecule has 0 amide bonds. The van der Waals surface area contributed by atoms with Crippen molar-refractivity contribution in [1.29, 1.82) is 0 Å². The first-order valence-electron chi connectivity index (χ1n) is 3.37. The average molecular weight is 158 g/mol. The van der Waals surface area contributed by atoms with Crippen LogP contribution in [0.5, 0.6) is 0 Å². The molecule has 0 spiro atoms. The molecule has 0 atom stereocenters. The van der Waals surface area contributed by atoms with Crippen LogP contribution in [0.1, 0.15) is 0 Å². The topological polar surface area (TPSA) is 55.8 Å². The van der Waals surface area contributed by atoms with E-state index in [4.69, 9.17) is 14.6 Å². The molecule has 1 fully saturated rings. The van der Waals surface area contributed by atoms with Crippen LogP contribution in [0.3, 0.4) is 0 Å². The van der Waals surface area contributed by atoms with Gasteiger partial charge in [-0.05, 0) is 5.57 Å². The van der Waals surface area contributed by atoms with E-state index in [2.05, 4.69) is 0 Å². The van der Waals surface area contributed by atoms with Crippen molar-refractivity contribution in [3.05, 3.63) is 11.6 Å². The smallest absolute Gasteiger partial charge is 0.328 e. The molecule has 62 valence electrons. The van der Waals surface area contributed by atoms with Crippen molar-refractivity contribution < 1.29 is 19.4 Å². The molecule has 4 heteroatoms. The molecular formula is C7H10O4.